The van der Waals surface area contributed by atoms with Gasteiger partial charge in [0, 0.05) is 36.4 Å². The van der Waals surface area contributed by atoms with E-state index >= 15 is 0 Å². The van der Waals surface area contributed by atoms with Crippen LogP contribution in [-0.4, -0.2) is 39.3 Å². The molecule has 2 atom stereocenters. The summed E-state index contributed by atoms with van der Waals surface area (Å²) in [6.07, 6.45) is 1.72. The van der Waals surface area contributed by atoms with E-state index in [0.29, 0.717) is 6.54 Å². The highest BCUT2D eigenvalue weighted by Gasteiger charge is 2.52. The second-order valence-corrected chi connectivity index (χ2v) is 10.2. The summed E-state index contributed by atoms with van der Waals surface area (Å²) in [7, 11) is 2.02. The lowest BCUT2D eigenvalue weighted by molar-refractivity contribution is -0.781. The fourth-order valence-electron chi connectivity index (χ4n) is 5.19. The van der Waals surface area contributed by atoms with Gasteiger partial charge in [-0.3, -0.25) is 5.32 Å². The number of thioether (sulfide) groups is 1. The minimum Gasteiger partial charge on any atom is -0.339 e. The molecule has 1 unspecified atom stereocenters. The van der Waals surface area contributed by atoms with Gasteiger partial charge in [-0.1, -0.05) is 78.5 Å². The Labute approximate surface area is 210 Å². The minimum absolute atomic E-state index is 0.0417. The van der Waals surface area contributed by atoms with Crippen LogP contribution in [0, 0.1) is 0 Å². The summed E-state index contributed by atoms with van der Waals surface area (Å²) in [4.78, 5) is 27.6. The van der Waals surface area contributed by atoms with Crippen LogP contribution in [0.3, 0.4) is 0 Å². The molecule has 1 saturated heterocycles. The first kappa shape index (κ1) is 23.4. The van der Waals surface area contributed by atoms with Crippen molar-refractivity contribution in [1.82, 2.24) is 4.57 Å². The van der Waals surface area contributed by atoms with Gasteiger partial charge < -0.3 is 4.57 Å². The molecule has 5 rings (SSSR count). The SMILES string of the molecule is C[C@@H]1CCC[N+]1(C(=O)CSc1cc2ccccc2n1C)C(=O)Nc1ccccc1-c1ccccc1. The monoisotopic (exact) mass is 484 g/mol. The Morgan fingerprint density at radius 2 is 1.71 bits per heavy atom. The Morgan fingerprint density at radius 3 is 2.46 bits per heavy atom. The second-order valence-electron chi connectivity index (χ2n) is 9.21. The van der Waals surface area contributed by atoms with Crippen LogP contribution in [0.15, 0.2) is 90.0 Å². The molecule has 0 radical (unpaired) electrons. The quantitative estimate of drug-likeness (QED) is 0.253. The third kappa shape index (κ3) is 4.28. The fraction of sp³-hybridized carbons (Fsp3) is 0.241. The number of carbonyl (C=O) groups is 2. The molecular weight excluding hydrogens is 454 g/mol. The number of anilines is 1. The van der Waals surface area contributed by atoms with Gasteiger partial charge >= 0.3 is 11.9 Å². The van der Waals surface area contributed by atoms with Gasteiger partial charge in [0.15, 0.2) is 0 Å². The van der Waals surface area contributed by atoms with E-state index in [9.17, 15) is 9.59 Å². The highest BCUT2D eigenvalue weighted by molar-refractivity contribution is 7.99. The van der Waals surface area contributed by atoms with E-state index in [1.165, 1.54) is 11.8 Å². The molecular formula is C29H30N3O2S+. The summed E-state index contributed by atoms with van der Waals surface area (Å²) in [5.41, 5.74) is 3.84. The van der Waals surface area contributed by atoms with E-state index in [1.54, 1.807) is 0 Å². The molecule has 3 amide bonds. The topological polar surface area (TPSA) is 51.1 Å². The van der Waals surface area contributed by atoms with Crippen LogP contribution in [0.2, 0.25) is 0 Å². The van der Waals surface area contributed by atoms with Gasteiger partial charge in [0.1, 0.15) is 11.8 Å². The number of nitrogens with one attached hydrogen (secondary N) is 1. The van der Waals surface area contributed by atoms with Crippen LogP contribution in [0.25, 0.3) is 22.0 Å². The zero-order chi connectivity index (χ0) is 24.4. The number of amides is 3. The standard InChI is InChI=1S/C29H29N3O2S/c1-21-11-10-18-32(21,28(33)20-35-27-19-23-14-6-9-17-26(23)31(27)2)29(34)30-25-16-8-7-15-24(25)22-12-4-3-5-13-22/h3-9,12-17,19,21H,10-11,18,20H2,1-2H3/p+1/t21-,32?/m1/s1. The first-order valence-corrected chi connectivity index (χ1v) is 13.0. The number of rotatable bonds is 5. The Bertz CT molecular complexity index is 1380. The smallest absolute Gasteiger partial charge is 0.339 e. The molecule has 1 aliphatic heterocycles. The van der Waals surface area contributed by atoms with E-state index in [4.69, 9.17) is 0 Å². The van der Waals surface area contributed by atoms with Gasteiger partial charge in [-0.25, -0.2) is 9.59 Å². The molecule has 35 heavy (non-hydrogen) atoms. The zero-order valence-corrected chi connectivity index (χ0v) is 20.9. The number of nitrogens with zero attached hydrogens (tertiary/aromatic N) is 2. The maximum Gasteiger partial charge on any atom is 0.428 e. The molecule has 0 spiro atoms. The van der Waals surface area contributed by atoms with Crippen molar-refractivity contribution < 1.29 is 14.1 Å². The molecule has 0 saturated carbocycles. The van der Waals surface area contributed by atoms with Crippen LogP contribution < -0.4 is 5.32 Å². The van der Waals surface area contributed by atoms with Crippen molar-refractivity contribution in [3.05, 3.63) is 84.9 Å². The van der Waals surface area contributed by atoms with Crippen molar-refractivity contribution in [3.63, 3.8) is 0 Å². The summed E-state index contributed by atoms with van der Waals surface area (Å²) in [6.45, 7) is 2.56. The summed E-state index contributed by atoms with van der Waals surface area (Å²) in [5.74, 6) is 0.211. The van der Waals surface area contributed by atoms with Gasteiger partial charge in [0.05, 0.1) is 17.3 Å². The number of imide groups is 1. The highest BCUT2D eigenvalue weighted by atomic mass is 32.2. The number of aromatic nitrogens is 1. The molecule has 0 bridgehead atoms. The molecule has 1 aliphatic rings. The second kappa shape index (κ2) is 9.72. The Balaban J connectivity index is 1.39. The number of hydrogen-bond acceptors (Lipinski definition) is 3. The normalized spacial score (nSPS) is 19.7. The van der Waals surface area contributed by atoms with Crippen molar-refractivity contribution in [2.24, 2.45) is 7.05 Å². The molecule has 5 nitrogen and oxygen atoms in total. The third-order valence-corrected chi connectivity index (χ3v) is 8.28. The Morgan fingerprint density at radius 1 is 1.00 bits per heavy atom. The predicted molar refractivity (Wildman–Crippen MR) is 143 cm³/mol. The highest BCUT2D eigenvalue weighted by Crippen LogP contribution is 2.34. The van der Waals surface area contributed by atoms with E-state index in [-0.39, 0.29) is 28.2 Å². The van der Waals surface area contributed by atoms with Crippen LogP contribution in [0.1, 0.15) is 19.8 Å². The number of likely N-dealkylation sites (tertiary alicyclic amines) is 1. The van der Waals surface area contributed by atoms with Crippen molar-refractivity contribution in [2.45, 2.75) is 30.8 Å². The Kier molecular flexibility index (Phi) is 6.50. The minimum atomic E-state index is -0.235. The maximum atomic E-state index is 13.8. The number of aryl methyl sites for hydroxylation is 1. The van der Waals surface area contributed by atoms with Gasteiger partial charge in [0.25, 0.3) is 0 Å². The first-order valence-electron chi connectivity index (χ1n) is 12.0. The molecule has 2 heterocycles. The van der Waals surface area contributed by atoms with E-state index in [2.05, 4.69) is 28.1 Å². The number of carbonyl (C=O) groups excluding carboxylic acids is 2. The van der Waals surface area contributed by atoms with E-state index in [0.717, 1.165) is 45.6 Å². The van der Waals surface area contributed by atoms with Crippen LogP contribution in [0.5, 0.6) is 0 Å². The molecule has 4 aromatic rings. The molecule has 1 N–H and O–H groups in total. The van der Waals surface area contributed by atoms with Crippen LogP contribution in [-0.2, 0) is 11.8 Å². The molecule has 0 aliphatic carbocycles. The number of urea groups is 1. The largest absolute Gasteiger partial charge is 0.428 e. The lowest BCUT2D eigenvalue weighted by Gasteiger charge is -2.33. The maximum absolute atomic E-state index is 13.8. The van der Waals surface area contributed by atoms with E-state index in [1.807, 2.05) is 80.7 Å². The van der Waals surface area contributed by atoms with Gasteiger partial charge in [-0.2, -0.15) is 4.48 Å². The molecule has 6 heteroatoms. The first-order chi connectivity index (χ1) is 17.0. The summed E-state index contributed by atoms with van der Waals surface area (Å²) in [5, 5.41) is 5.31. The average molecular weight is 485 g/mol. The van der Waals surface area contributed by atoms with Gasteiger partial charge in [-0.15, -0.1) is 0 Å². The van der Waals surface area contributed by atoms with E-state index < -0.39 is 0 Å². The van der Waals surface area contributed by atoms with Gasteiger partial charge in [0.2, 0.25) is 0 Å². The van der Waals surface area contributed by atoms with Crippen molar-refractivity contribution in [1.29, 1.82) is 0 Å². The summed E-state index contributed by atoms with van der Waals surface area (Å²) >= 11 is 1.51. The Hall–Kier alpha value is -3.35. The number of fused-ring (bicyclic) bond motifs is 1. The van der Waals surface area contributed by atoms with Crippen LogP contribution in [0.4, 0.5) is 10.5 Å². The lowest BCUT2D eigenvalue weighted by Crippen LogP contribution is -2.61. The van der Waals surface area contributed by atoms with Crippen molar-refractivity contribution >= 4 is 40.3 Å². The lowest BCUT2D eigenvalue weighted by atomic mass is 10.0. The molecule has 1 aromatic heterocycles. The average Bonchev–Trinajstić information content (AvgIpc) is 3.44. The zero-order valence-electron chi connectivity index (χ0n) is 20.1. The van der Waals surface area contributed by atoms with Crippen molar-refractivity contribution in [3.8, 4) is 11.1 Å². The van der Waals surface area contributed by atoms with Crippen LogP contribution >= 0.6 is 11.8 Å². The number of benzene rings is 3. The molecule has 3 aromatic carbocycles. The predicted octanol–water partition coefficient (Wildman–Crippen LogP) is 6.70. The fourth-order valence-corrected chi connectivity index (χ4v) is 6.20. The van der Waals surface area contributed by atoms with Gasteiger partial charge in [-0.05, 0) is 30.7 Å². The number of quaternary nitrogens is 1. The molecule has 1 fully saturated rings. The number of hydrogen-bond donors (Lipinski definition) is 1. The molecule has 178 valence electrons. The summed E-state index contributed by atoms with van der Waals surface area (Å²) < 4.78 is 1.96. The third-order valence-electron chi connectivity index (χ3n) is 7.20. The summed E-state index contributed by atoms with van der Waals surface area (Å²) in [6, 6.07) is 27.8. The van der Waals surface area contributed by atoms with Crippen molar-refractivity contribution in [2.75, 3.05) is 17.6 Å². The number of para-hydroxylation sites is 2.